The monoisotopic (exact) mass is 304 g/mol. The molecule has 1 atom stereocenters. The molecule has 22 heavy (non-hydrogen) atoms. The molecule has 1 aromatic rings. The van der Waals surface area contributed by atoms with Crippen molar-refractivity contribution in [1.82, 2.24) is 0 Å². The number of hydrogen-bond acceptors (Lipinski definition) is 5. The Labute approximate surface area is 129 Å². The first kappa shape index (κ1) is 16.1. The highest BCUT2D eigenvalue weighted by Crippen LogP contribution is 2.38. The second-order valence-corrected chi connectivity index (χ2v) is 5.22. The second-order valence-electron chi connectivity index (χ2n) is 5.22. The minimum absolute atomic E-state index is 0.0254. The fourth-order valence-corrected chi connectivity index (χ4v) is 2.65. The molecule has 2 rings (SSSR count). The van der Waals surface area contributed by atoms with E-state index < -0.39 is 18.0 Å². The number of carbonyl (C=O) groups is 2. The zero-order valence-electron chi connectivity index (χ0n) is 12.5. The van der Waals surface area contributed by atoms with Gasteiger partial charge in [0.05, 0.1) is 0 Å². The van der Waals surface area contributed by atoms with E-state index in [2.05, 4.69) is 13.2 Å². The number of esters is 2. The number of carbonyl (C=O) groups excluding carboxylic acids is 2. The van der Waals surface area contributed by atoms with Crippen LogP contribution in [0.3, 0.4) is 0 Å². The van der Waals surface area contributed by atoms with Gasteiger partial charge in [0.2, 0.25) is 0 Å². The molecule has 0 aliphatic heterocycles. The van der Waals surface area contributed by atoms with Crippen molar-refractivity contribution in [3.63, 3.8) is 0 Å². The molecular formula is C17H20O5. The van der Waals surface area contributed by atoms with Gasteiger partial charge in [-0.3, -0.25) is 0 Å². The molecule has 1 saturated carbocycles. The minimum Gasteiger partial charge on any atom is -0.458 e. The van der Waals surface area contributed by atoms with Gasteiger partial charge in [-0.1, -0.05) is 26.0 Å². The van der Waals surface area contributed by atoms with Crippen LogP contribution >= 0.6 is 0 Å². The van der Waals surface area contributed by atoms with Gasteiger partial charge in [0.1, 0.15) is 18.1 Å². The van der Waals surface area contributed by atoms with E-state index in [1.165, 1.54) is 0 Å². The standard InChI is InChI=1S/C17H20O5/c1-3-15(18)20-11-13-9-10-14(21-13)17(22-16(19)4-2)12-7-5-6-8-12/h3-4,9-10,12,17H,1-2,5-8,11H2. The molecule has 5 heteroatoms. The Kier molecular flexibility index (Phi) is 5.58. The van der Waals surface area contributed by atoms with Crippen LogP contribution < -0.4 is 0 Å². The van der Waals surface area contributed by atoms with E-state index in [4.69, 9.17) is 13.9 Å². The van der Waals surface area contributed by atoms with Crippen molar-refractivity contribution in [3.05, 3.63) is 49.0 Å². The van der Waals surface area contributed by atoms with Crippen molar-refractivity contribution in [2.75, 3.05) is 0 Å². The molecule has 1 aromatic heterocycles. The molecule has 0 saturated heterocycles. The summed E-state index contributed by atoms with van der Waals surface area (Å²) in [4.78, 5) is 22.6. The molecule has 5 nitrogen and oxygen atoms in total. The topological polar surface area (TPSA) is 65.7 Å². The Balaban J connectivity index is 2.08. The molecule has 1 unspecified atom stereocenters. The van der Waals surface area contributed by atoms with Gasteiger partial charge in [-0.15, -0.1) is 0 Å². The number of hydrogen-bond donors (Lipinski definition) is 0. The van der Waals surface area contributed by atoms with Gasteiger partial charge in [0, 0.05) is 18.1 Å². The fraction of sp³-hybridized carbons (Fsp3) is 0.412. The SMILES string of the molecule is C=CC(=O)OCc1ccc(C(OC(=O)C=C)C2CCCC2)o1. The van der Waals surface area contributed by atoms with E-state index in [-0.39, 0.29) is 12.5 Å². The van der Waals surface area contributed by atoms with Crippen LogP contribution in [0.25, 0.3) is 0 Å². The van der Waals surface area contributed by atoms with Crippen LogP contribution in [0.15, 0.2) is 41.9 Å². The lowest BCUT2D eigenvalue weighted by molar-refractivity contribution is -0.147. The highest BCUT2D eigenvalue weighted by atomic mass is 16.6. The lowest BCUT2D eigenvalue weighted by Crippen LogP contribution is -2.16. The number of rotatable bonds is 7. The summed E-state index contributed by atoms with van der Waals surface area (Å²) in [6.07, 6.45) is 6.06. The Morgan fingerprint density at radius 3 is 2.55 bits per heavy atom. The van der Waals surface area contributed by atoms with E-state index in [9.17, 15) is 9.59 Å². The van der Waals surface area contributed by atoms with Gasteiger partial charge in [-0.05, 0) is 25.0 Å². The van der Waals surface area contributed by atoms with E-state index in [1.54, 1.807) is 12.1 Å². The highest BCUT2D eigenvalue weighted by molar-refractivity contribution is 5.81. The molecular weight excluding hydrogens is 284 g/mol. The largest absolute Gasteiger partial charge is 0.458 e. The van der Waals surface area contributed by atoms with E-state index in [0.717, 1.165) is 37.8 Å². The Morgan fingerprint density at radius 2 is 1.91 bits per heavy atom. The summed E-state index contributed by atoms with van der Waals surface area (Å²) in [6.45, 7) is 6.78. The molecule has 118 valence electrons. The van der Waals surface area contributed by atoms with E-state index >= 15 is 0 Å². The van der Waals surface area contributed by atoms with Gasteiger partial charge >= 0.3 is 11.9 Å². The summed E-state index contributed by atoms with van der Waals surface area (Å²) in [5.41, 5.74) is 0. The molecule has 0 radical (unpaired) electrons. The molecule has 1 aliphatic rings. The zero-order chi connectivity index (χ0) is 15.9. The maximum absolute atomic E-state index is 11.6. The van der Waals surface area contributed by atoms with Gasteiger partial charge in [-0.25, -0.2) is 9.59 Å². The van der Waals surface area contributed by atoms with Crippen molar-refractivity contribution in [2.24, 2.45) is 5.92 Å². The second kappa shape index (κ2) is 7.64. The van der Waals surface area contributed by atoms with Gasteiger partial charge in [0.25, 0.3) is 0 Å². The molecule has 0 bridgehead atoms. The predicted molar refractivity (Wildman–Crippen MR) is 79.7 cm³/mol. The van der Waals surface area contributed by atoms with Gasteiger partial charge in [-0.2, -0.15) is 0 Å². The highest BCUT2D eigenvalue weighted by Gasteiger charge is 2.31. The fourth-order valence-electron chi connectivity index (χ4n) is 2.65. The summed E-state index contributed by atoms with van der Waals surface area (Å²) in [5, 5.41) is 0. The minimum atomic E-state index is -0.511. The van der Waals surface area contributed by atoms with Crippen molar-refractivity contribution in [1.29, 1.82) is 0 Å². The normalized spacial score (nSPS) is 16.0. The molecule has 0 aromatic carbocycles. The van der Waals surface area contributed by atoms with Crippen LogP contribution in [0.4, 0.5) is 0 Å². The van der Waals surface area contributed by atoms with Crippen LogP contribution in [0.1, 0.15) is 43.3 Å². The molecule has 0 spiro atoms. The maximum Gasteiger partial charge on any atom is 0.330 e. The quantitative estimate of drug-likeness (QED) is 0.570. The average molecular weight is 304 g/mol. The summed E-state index contributed by atoms with van der Waals surface area (Å²) in [7, 11) is 0. The van der Waals surface area contributed by atoms with Crippen LogP contribution in [0.5, 0.6) is 0 Å². The van der Waals surface area contributed by atoms with Gasteiger partial charge < -0.3 is 13.9 Å². The lowest BCUT2D eigenvalue weighted by atomic mass is 9.99. The Bertz CT molecular complexity index is 551. The third-order valence-corrected chi connectivity index (χ3v) is 3.72. The molecule has 0 amide bonds. The van der Waals surface area contributed by atoms with E-state index in [1.807, 2.05) is 0 Å². The third kappa shape index (κ3) is 4.10. The van der Waals surface area contributed by atoms with Crippen molar-refractivity contribution < 1.29 is 23.5 Å². The average Bonchev–Trinajstić information content (AvgIpc) is 3.21. The van der Waals surface area contributed by atoms with Crippen LogP contribution in [0, 0.1) is 5.92 Å². The first-order valence-electron chi connectivity index (χ1n) is 7.35. The van der Waals surface area contributed by atoms with Crippen molar-refractivity contribution >= 4 is 11.9 Å². The third-order valence-electron chi connectivity index (χ3n) is 3.72. The van der Waals surface area contributed by atoms with Crippen LogP contribution in [-0.4, -0.2) is 11.9 Å². The first-order valence-corrected chi connectivity index (χ1v) is 7.35. The smallest absolute Gasteiger partial charge is 0.330 e. The van der Waals surface area contributed by atoms with E-state index in [0.29, 0.717) is 11.5 Å². The van der Waals surface area contributed by atoms with Crippen LogP contribution in [-0.2, 0) is 25.7 Å². The summed E-state index contributed by atoms with van der Waals surface area (Å²) < 4.78 is 16.1. The molecule has 0 N–H and O–H groups in total. The molecule has 1 fully saturated rings. The lowest BCUT2D eigenvalue weighted by Gasteiger charge is -2.21. The van der Waals surface area contributed by atoms with Crippen molar-refractivity contribution in [2.45, 2.75) is 38.4 Å². The Hall–Kier alpha value is -2.30. The Morgan fingerprint density at radius 1 is 1.23 bits per heavy atom. The molecule has 1 aliphatic carbocycles. The van der Waals surface area contributed by atoms with Gasteiger partial charge in [0.15, 0.2) is 6.10 Å². The zero-order valence-corrected chi connectivity index (χ0v) is 12.5. The first-order chi connectivity index (χ1) is 10.6. The predicted octanol–water partition coefficient (Wildman–Crippen LogP) is 3.47. The summed E-state index contributed by atoms with van der Waals surface area (Å²) in [6, 6.07) is 3.48. The summed E-state index contributed by atoms with van der Waals surface area (Å²) in [5.74, 6) is 0.351. The van der Waals surface area contributed by atoms with Crippen LogP contribution in [0.2, 0.25) is 0 Å². The number of furan rings is 1. The maximum atomic E-state index is 11.6. The van der Waals surface area contributed by atoms with Crippen molar-refractivity contribution in [3.8, 4) is 0 Å². The molecule has 1 heterocycles. The number of ether oxygens (including phenoxy) is 2. The summed E-state index contributed by atoms with van der Waals surface area (Å²) >= 11 is 0.